The molecule has 1 aromatic carbocycles. The summed E-state index contributed by atoms with van der Waals surface area (Å²) in [6.07, 6.45) is 0. The Balaban J connectivity index is 3.35. The number of aromatic hydroxyl groups is 1. The number of aryl methyl sites for hydroxylation is 1. The predicted molar refractivity (Wildman–Crippen MR) is 65.8 cm³/mol. The van der Waals surface area contributed by atoms with Crippen molar-refractivity contribution in [1.82, 2.24) is 0 Å². The first-order chi connectivity index (χ1) is 7.34. The molecule has 2 N–H and O–H groups in total. The lowest BCUT2D eigenvalue weighted by atomic mass is 9.87. The van der Waals surface area contributed by atoms with Gasteiger partial charge in [0.05, 0.1) is 5.92 Å². The fourth-order valence-corrected chi connectivity index (χ4v) is 2.60. The number of aliphatic carboxylic acids is 1. The fourth-order valence-electron chi connectivity index (χ4n) is 1.78. The predicted octanol–water partition coefficient (Wildman–Crippen LogP) is 3.29. The molecular weight excluding hydrogens is 272 g/mol. The van der Waals surface area contributed by atoms with Crippen LogP contribution in [0.4, 0.5) is 0 Å². The van der Waals surface area contributed by atoms with Crippen molar-refractivity contribution < 1.29 is 15.0 Å². The average Bonchev–Trinajstić information content (AvgIpc) is 2.09. The van der Waals surface area contributed by atoms with Crippen LogP contribution in [0, 0.1) is 12.8 Å². The molecule has 0 aromatic heterocycles. The molecule has 88 valence electrons. The molecule has 1 aromatic rings. The number of carbonyl (C=O) groups is 1. The number of carboxylic acids is 1. The highest BCUT2D eigenvalue weighted by Gasteiger charge is 2.28. The van der Waals surface area contributed by atoms with Gasteiger partial charge in [-0.2, -0.15) is 0 Å². The monoisotopic (exact) mass is 286 g/mol. The minimum absolute atomic E-state index is 0.0352. The van der Waals surface area contributed by atoms with Crippen molar-refractivity contribution in [3.63, 3.8) is 0 Å². The van der Waals surface area contributed by atoms with Gasteiger partial charge in [-0.15, -0.1) is 0 Å². The summed E-state index contributed by atoms with van der Waals surface area (Å²) in [5, 5.41) is 19.0. The van der Waals surface area contributed by atoms with Crippen LogP contribution >= 0.6 is 15.9 Å². The van der Waals surface area contributed by atoms with E-state index < -0.39 is 11.9 Å². The first kappa shape index (κ1) is 13.0. The van der Waals surface area contributed by atoms with Crippen molar-refractivity contribution in [3.05, 3.63) is 27.7 Å². The Morgan fingerprint density at radius 1 is 1.38 bits per heavy atom. The van der Waals surface area contributed by atoms with Gasteiger partial charge in [0.1, 0.15) is 5.75 Å². The van der Waals surface area contributed by atoms with Crippen LogP contribution in [-0.4, -0.2) is 16.2 Å². The van der Waals surface area contributed by atoms with Crippen LogP contribution in [0.3, 0.4) is 0 Å². The Bertz CT molecular complexity index is 390. The van der Waals surface area contributed by atoms with Gasteiger partial charge in [0.15, 0.2) is 0 Å². The van der Waals surface area contributed by atoms with E-state index in [0.29, 0.717) is 10.0 Å². The summed E-state index contributed by atoms with van der Waals surface area (Å²) in [6, 6.07) is 3.39. The van der Waals surface area contributed by atoms with E-state index in [1.54, 1.807) is 6.07 Å². The highest BCUT2D eigenvalue weighted by molar-refractivity contribution is 9.10. The van der Waals surface area contributed by atoms with Crippen molar-refractivity contribution in [2.24, 2.45) is 5.92 Å². The Labute approximate surface area is 103 Å². The van der Waals surface area contributed by atoms with E-state index in [9.17, 15) is 15.0 Å². The molecule has 0 aliphatic carbocycles. The summed E-state index contributed by atoms with van der Waals surface area (Å²) in [4.78, 5) is 11.2. The first-order valence-corrected chi connectivity index (χ1v) is 5.85. The SMILES string of the molecule is Cc1cc(O)c(C(C(=O)O)C(C)C)c(Br)c1. The Kier molecular flexibility index (Phi) is 3.97. The summed E-state index contributed by atoms with van der Waals surface area (Å²) >= 11 is 3.31. The largest absolute Gasteiger partial charge is 0.508 e. The van der Waals surface area contributed by atoms with Gasteiger partial charge in [0, 0.05) is 10.0 Å². The van der Waals surface area contributed by atoms with E-state index in [1.165, 1.54) is 0 Å². The van der Waals surface area contributed by atoms with Crippen LogP contribution in [-0.2, 0) is 4.79 Å². The summed E-state index contributed by atoms with van der Waals surface area (Å²) < 4.78 is 0.645. The molecule has 0 aliphatic heterocycles. The third-order valence-electron chi connectivity index (χ3n) is 2.50. The zero-order valence-corrected chi connectivity index (χ0v) is 11.1. The lowest BCUT2D eigenvalue weighted by molar-refractivity contribution is -0.139. The van der Waals surface area contributed by atoms with Gasteiger partial charge >= 0.3 is 5.97 Å². The maximum atomic E-state index is 11.2. The summed E-state index contributed by atoms with van der Waals surface area (Å²) in [5.41, 5.74) is 1.34. The lowest BCUT2D eigenvalue weighted by Crippen LogP contribution is -2.18. The van der Waals surface area contributed by atoms with Gasteiger partial charge in [-0.05, 0) is 30.5 Å². The average molecular weight is 287 g/mol. The van der Waals surface area contributed by atoms with Gasteiger partial charge < -0.3 is 10.2 Å². The first-order valence-electron chi connectivity index (χ1n) is 5.06. The quantitative estimate of drug-likeness (QED) is 0.896. The number of phenolic OH excluding ortho intramolecular Hbond substituents is 1. The molecule has 4 heteroatoms. The third-order valence-corrected chi connectivity index (χ3v) is 3.15. The van der Waals surface area contributed by atoms with Gasteiger partial charge in [-0.3, -0.25) is 4.79 Å². The molecule has 0 spiro atoms. The molecule has 0 heterocycles. The molecule has 1 atom stereocenters. The smallest absolute Gasteiger partial charge is 0.311 e. The van der Waals surface area contributed by atoms with Crippen LogP contribution < -0.4 is 0 Å². The summed E-state index contributed by atoms with van der Waals surface area (Å²) in [5.74, 6) is -1.67. The van der Waals surface area contributed by atoms with E-state index in [0.717, 1.165) is 5.56 Å². The number of halogens is 1. The van der Waals surface area contributed by atoms with Crippen LogP contribution in [0.1, 0.15) is 30.9 Å². The van der Waals surface area contributed by atoms with E-state index in [2.05, 4.69) is 15.9 Å². The molecule has 0 aliphatic rings. The zero-order chi connectivity index (χ0) is 12.5. The molecule has 0 amide bonds. The molecule has 16 heavy (non-hydrogen) atoms. The lowest BCUT2D eigenvalue weighted by Gasteiger charge is -2.19. The molecule has 0 saturated carbocycles. The van der Waals surface area contributed by atoms with Crippen molar-refractivity contribution in [2.45, 2.75) is 26.7 Å². The molecule has 0 saturated heterocycles. The fraction of sp³-hybridized carbons (Fsp3) is 0.417. The third kappa shape index (κ3) is 2.55. The molecule has 3 nitrogen and oxygen atoms in total. The molecule has 0 radical (unpaired) electrons. The topological polar surface area (TPSA) is 57.5 Å². The maximum Gasteiger partial charge on any atom is 0.311 e. The molecule has 0 bridgehead atoms. The molecule has 1 unspecified atom stereocenters. The second-order valence-corrected chi connectivity index (χ2v) is 5.09. The molecule has 0 fully saturated rings. The van der Waals surface area contributed by atoms with E-state index in [-0.39, 0.29) is 11.7 Å². The van der Waals surface area contributed by atoms with Crippen molar-refractivity contribution in [3.8, 4) is 5.75 Å². The van der Waals surface area contributed by atoms with Crippen LogP contribution in [0.5, 0.6) is 5.75 Å². The minimum Gasteiger partial charge on any atom is -0.508 e. The Morgan fingerprint density at radius 2 is 1.94 bits per heavy atom. The summed E-state index contributed by atoms with van der Waals surface area (Å²) in [6.45, 7) is 5.49. The minimum atomic E-state index is -0.921. The van der Waals surface area contributed by atoms with Gasteiger partial charge in [0.2, 0.25) is 0 Å². The van der Waals surface area contributed by atoms with E-state index in [4.69, 9.17) is 0 Å². The number of hydrogen-bond donors (Lipinski definition) is 2. The highest BCUT2D eigenvalue weighted by Crippen LogP contribution is 2.37. The number of hydrogen-bond acceptors (Lipinski definition) is 2. The zero-order valence-electron chi connectivity index (χ0n) is 9.49. The normalized spacial score (nSPS) is 12.8. The second kappa shape index (κ2) is 4.87. The number of carboxylic acid groups (broad SMARTS) is 1. The van der Waals surface area contributed by atoms with E-state index >= 15 is 0 Å². The molecule has 1 rings (SSSR count). The maximum absolute atomic E-state index is 11.2. The van der Waals surface area contributed by atoms with Crippen LogP contribution in [0.2, 0.25) is 0 Å². The Morgan fingerprint density at radius 3 is 2.31 bits per heavy atom. The van der Waals surface area contributed by atoms with Gasteiger partial charge in [-0.25, -0.2) is 0 Å². The van der Waals surface area contributed by atoms with Crippen molar-refractivity contribution in [2.75, 3.05) is 0 Å². The standard InChI is InChI=1S/C12H15BrO3/c1-6(2)10(12(15)16)11-8(13)4-7(3)5-9(11)14/h4-6,10,14H,1-3H3,(H,15,16). The Hall–Kier alpha value is -1.03. The molecular formula is C12H15BrO3. The number of phenols is 1. The number of benzene rings is 1. The van der Waals surface area contributed by atoms with E-state index in [1.807, 2.05) is 26.8 Å². The number of rotatable bonds is 3. The van der Waals surface area contributed by atoms with Crippen molar-refractivity contribution >= 4 is 21.9 Å². The van der Waals surface area contributed by atoms with Crippen LogP contribution in [0.25, 0.3) is 0 Å². The van der Waals surface area contributed by atoms with Crippen LogP contribution in [0.15, 0.2) is 16.6 Å². The van der Waals surface area contributed by atoms with Crippen molar-refractivity contribution in [1.29, 1.82) is 0 Å². The second-order valence-electron chi connectivity index (χ2n) is 4.24. The summed E-state index contributed by atoms with van der Waals surface area (Å²) in [7, 11) is 0. The highest BCUT2D eigenvalue weighted by atomic mass is 79.9. The van der Waals surface area contributed by atoms with Gasteiger partial charge in [0.25, 0.3) is 0 Å². The van der Waals surface area contributed by atoms with Gasteiger partial charge in [-0.1, -0.05) is 29.8 Å².